The van der Waals surface area contributed by atoms with Crippen molar-refractivity contribution in [2.24, 2.45) is 5.84 Å². The van der Waals surface area contributed by atoms with E-state index in [-0.39, 0.29) is 5.54 Å². The van der Waals surface area contributed by atoms with Crippen molar-refractivity contribution in [2.75, 3.05) is 14.1 Å². The predicted octanol–water partition coefficient (Wildman–Crippen LogP) is 2.94. The molecule has 0 bridgehead atoms. The van der Waals surface area contributed by atoms with Crippen LogP contribution in [0, 0.1) is 13.8 Å². The van der Waals surface area contributed by atoms with Crippen LogP contribution in [0.3, 0.4) is 0 Å². The monoisotopic (exact) mass is 289 g/mol. The number of likely N-dealkylation sites (N-methyl/N-ethyl adjacent to an activating group) is 1. The van der Waals surface area contributed by atoms with Gasteiger partial charge < -0.3 is 4.90 Å². The van der Waals surface area contributed by atoms with Gasteiger partial charge in [0.2, 0.25) is 0 Å². The molecule has 118 valence electrons. The van der Waals surface area contributed by atoms with E-state index in [1.807, 2.05) is 0 Å². The molecule has 2 rings (SSSR count). The quantitative estimate of drug-likeness (QED) is 0.647. The lowest BCUT2D eigenvalue weighted by Gasteiger charge is -2.48. The van der Waals surface area contributed by atoms with E-state index >= 15 is 0 Å². The number of aryl methyl sites for hydroxylation is 2. The zero-order chi connectivity index (χ0) is 15.5. The molecule has 3 nitrogen and oxygen atoms in total. The molecule has 0 amide bonds. The summed E-state index contributed by atoms with van der Waals surface area (Å²) in [6, 6.07) is 7.02. The maximum atomic E-state index is 5.99. The van der Waals surface area contributed by atoms with E-state index in [1.165, 1.54) is 48.8 Å². The second-order valence-corrected chi connectivity index (χ2v) is 6.91. The van der Waals surface area contributed by atoms with Crippen molar-refractivity contribution in [3.63, 3.8) is 0 Å². The van der Waals surface area contributed by atoms with E-state index in [0.29, 0.717) is 6.04 Å². The van der Waals surface area contributed by atoms with Gasteiger partial charge in [-0.2, -0.15) is 0 Å². The molecule has 1 aromatic carbocycles. The summed E-state index contributed by atoms with van der Waals surface area (Å²) in [7, 11) is 4.41. The SMILES string of the molecule is Cc1ccc(C)c(CC(NN)C2(N(C)C)CCCCC2)c1. The Labute approximate surface area is 129 Å². The van der Waals surface area contributed by atoms with Crippen LogP contribution < -0.4 is 11.3 Å². The van der Waals surface area contributed by atoms with Gasteiger partial charge in [0.25, 0.3) is 0 Å². The molecule has 0 aromatic heterocycles. The number of nitrogens with one attached hydrogen (secondary N) is 1. The summed E-state index contributed by atoms with van der Waals surface area (Å²) in [5, 5.41) is 0. The molecule has 1 fully saturated rings. The Bertz CT molecular complexity index is 462. The summed E-state index contributed by atoms with van der Waals surface area (Å²) in [6.45, 7) is 4.36. The summed E-state index contributed by atoms with van der Waals surface area (Å²) in [6.07, 6.45) is 7.45. The first kappa shape index (κ1) is 16.5. The van der Waals surface area contributed by atoms with Crippen LogP contribution in [0.2, 0.25) is 0 Å². The molecular formula is C18H31N3. The number of hydrogen-bond acceptors (Lipinski definition) is 3. The highest BCUT2D eigenvalue weighted by molar-refractivity contribution is 5.31. The van der Waals surface area contributed by atoms with Crippen molar-refractivity contribution in [1.82, 2.24) is 10.3 Å². The molecule has 0 radical (unpaired) electrons. The van der Waals surface area contributed by atoms with Crippen molar-refractivity contribution in [2.45, 2.75) is 64.0 Å². The fourth-order valence-corrected chi connectivity index (χ4v) is 3.92. The van der Waals surface area contributed by atoms with E-state index in [4.69, 9.17) is 5.84 Å². The van der Waals surface area contributed by atoms with E-state index in [0.717, 1.165) is 6.42 Å². The molecule has 3 N–H and O–H groups in total. The second kappa shape index (κ2) is 6.91. The third kappa shape index (κ3) is 3.47. The predicted molar refractivity (Wildman–Crippen MR) is 90.2 cm³/mol. The molecule has 1 aliphatic rings. The average molecular weight is 289 g/mol. The summed E-state index contributed by atoms with van der Waals surface area (Å²) in [5.41, 5.74) is 7.45. The summed E-state index contributed by atoms with van der Waals surface area (Å²) < 4.78 is 0. The molecule has 0 aliphatic heterocycles. The molecule has 1 unspecified atom stereocenters. The third-order valence-electron chi connectivity index (χ3n) is 5.39. The van der Waals surface area contributed by atoms with Crippen molar-refractivity contribution in [1.29, 1.82) is 0 Å². The zero-order valence-corrected chi connectivity index (χ0v) is 14.1. The fourth-order valence-electron chi connectivity index (χ4n) is 3.92. The number of nitrogens with two attached hydrogens (primary N) is 1. The van der Waals surface area contributed by atoms with Crippen LogP contribution in [-0.2, 0) is 6.42 Å². The largest absolute Gasteiger partial charge is 0.302 e. The van der Waals surface area contributed by atoms with Crippen molar-refractivity contribution >= 4 is 0 Å². The Balaban J connectivity index is 2.26. The van der Waals surface area contributed by atoms with Gasteiger partial charge in [0.05, 0.1) is 0 Å². The minimum Gasteiger partial charge on any atom is -0.302 e. The van der Waals surface area contributed by atoms with Crippen LogP contribution in [0.5, 0.6) is 0 Å². The van der Waals surface area contributed by atoms with Crippen LogP contribution in [0.4, 0.5) is 0 Å². The highest BCUT2D eigenvalue weighted by Gasteiger charge is 2.41. The smallest absolute Gasteiger partial charge is 0.0434 e. The van der Waals surface area contributed by atoms with Crippen LogP contribution in [0.1, 0.15) is 48.8 Å². The molecule has 3 heteroatoms. The van der Waals surface area contributed by atoms with Gasteiger partial charge in [-0.25, -0.2) is 0 Å². The van der Waals surface area contributed by atoms with E-state index < -0.39 is 0 Å². The van der Waals surface area contributed by atoms with Crippen LogP contribution in [0.25, 0.3) is 0 Å². The second-order valence-electron chi connectivity index (χ2n) is 6.91. The molecular weight excluding hydrogens is 258 g/mol. The van der Waals surface area contributed by atoms with Gasteiger partial charge in [0.1, 0.15) is 0 Å². The first-order valence-corrected chi connectivity index (χ1v) is 8.19. The molecule has 1 aliphatic carbocycles. The molecule has 1 aromatic rings. The number of hydrazine groups is 1. The number of rotatable bonds is 5. The Morgan fingerprint density at radius 2 is 1.86 bits per heavy atom. The highest BCUT2D eigenvalue weighted by atomic mass is 15.3. The fraction of sp³-hybridized carbons (Fsp3) is 0.667. The molecule has 0 saturated heterocycles. The van der Waals surface area contributed by atoms with E-state index in [1.54, 1.807) is 0 Å². The minimum atomic E-state index is 0.184. The van der Waals surface area contributed by atoms with Crippen LogP contribution in [0.15, 0.2) is 18.2 Å². The first-order valence-electron chi connectivity index (χ1n) is 8.19. The lowest BCUT2D eigenvalue weighted by atomic mass is 9.73. The van der Waals surface area contributed by atoms with Gasteiger partial charge in [-0.1, -0.05) is 43.0 Å². The Kier molecular flexibility index (Phi) is 5.42. The molecule has 1 atom stereocenters. The zero-order valence-electron chi connectivity index (χ0n) is 14.1. The highest BCUT2D eigenvalue weighted by Crippen LogP contribution is 2.36. The minimum absolute atomic E-state index is 0.184. The lowest BCUT2D eigenvalue weighted by molar-refractivity contribution is 0.0568. The van der Waals surface area contributed by atoms with Crippen molar-refractivity contribution < 1.29 is 0 Å². The Morgan fingerprint density at radius 3 is 2.43 bits per heavy atom. The molecule has 0 spiro atoms. The van der Waals surface area contributed by atoms with Gasteiger partial charge in [0.15, 0.2) is 0 Å². The summed E-state index contributed by atoms with van der Waals surface area (Å²) in [4.78, 5) is 2.40. The Hall–Kier alpha value is -0.900. The maximum absolute atomic E-state index is 5.99. The first-order chi connectivity index (χ1) is 9.99. The molecule has 1 saturated carbocycles. The molecule has 0 heterocycles. The van der Waals surface area contributed by atoms with Gasteiger partial charge in [-0.05, 0) is 58.3 Å². The summed E-state index contributed by atoms with van der Waals surface area (Å²) >= 11 is 0. The van der Waals surface area contributed by atoms with E-state index in [9.17, 15) is 0 Å². The Morgan fingerprint density at radius 1 is 1.19 bits per heavy atom. The van der Waals surface area contributed by atoms with Gasteiger partial charge in [-0.3, -0.25) is 11.3 Å². The topological polar surface area (TPSA) is 41.3 Å². The van der Waals surface area contributed by atoms with Crippen LogP contribution >= 0.6 is 0 Å². The van der Waals surface area contributed by atoms with Gasteiger partial charge >= 0.3 is 0 Å². The standard InChI is InChI=1S/C18H31N3/c1-14-8-9-15(2)16(12-14)13-17(20-19)18(21(3)4)10-6-5-7-11-18/h8-9,12,17,20H,5-7,10-11,13,19H2,1-4H3. The lowest BCUT2D eigenvalue weighted by Crippen LogP contribution is -2.62. The van der Waals surface area contributed by atoms with E-state index in [2.05, 4.69) is 56.5 Å². The number of hydrogen-bond donors (Lipinski definition) is 2. The summed E-state index contributed by atoms with van der Waals surface area (Å²) in [5.74, 6) is 5.99. The van der Waals surface area contributed by atoms with Gasteiger partial charge in [-0.15, -0.1) is 0 Å². The normalized spacial score (nSPS) is 19.7. The van der Waals surface area contributed by atoms with Gasteiger partial charge in [0, 0.05) is 11.6 Å². The van der Waals surface area contributed by atoms with Crippen LogP contribution in [-0.4, -0.2) is 30.6 Å². The maximum Gasteiger partial charge on any atom is 0.0434 e. The number of nitrogens with zero attached hydrogens (tertiary/aromatic N) is 1. The number of benzene rings is 1. The van der Waals surface area contributed by atoms with Crippen molar-refractivity contribution in [3.05, 3.63) is 34.9 Å². The average Bonchev–Trinajstić information content (AvgIpc) is 2.48. The molecule has 21 heavy (non-hydrogen) atoms. The third-order valence-corrected chi connectivity index (χ3v) is 5.39. The van der Waals surface area contributed by atoms with Crippen molar-refractivity contribution in [3.8, 4) is 0 Å².